The van der Waals surface area contributed by atoms with Gasteiger partial charge in [-0.3, -0.25) is 0 Å². The Balaban J connectivity index is 2.21. The van der Waals surface area contributed by atoms with Crippen molar-refractivity contribution in [3.63, 3.8) is 0 Å². The van der Waals surface area contributed by atoms with Crippen molar-refractivity contribution in [2.24, 2.45) is 0 Å². The molecule has 0 saturated carbocycles. The largest absolute Gasteiger partial charge is 0.673 e. The van der Waals surface area contributed by atoms with E-state index in [1.54, 1.807) is 18.2 Å². The van der Waals surface area contributed by atoms with E-state index in [4.69, 9.17) is 10.0 Å². The Morgan fingerprint density at radius 2 is 1.76 bits per heavy atom. The fourth-order valence-corrected chi connectivity index (χ4v) is 1.45. The smallest absolute Gasteiger partial charge is 0.400 e. The lowest BCUT2D eigenvalue weighted by Crippen LogP contribution is -2.20. The zero-order valence-corrected chi connectivity index (χ0v) is 8.74. The van der Waals surface area contributed by atoms with Crippen molar-refractivity contribution in [2.75, 3.05) is 0 Å². The Morgan fingerprint density at radius 3 is 2.47 bits per heavy atom. The minimum absolute atomic E-state index is 0.268. The summed E-state index contributed by atoms with van der Waals surface area (Å²) in [6.07, 6.45) is 0. The number of carbonyl (C=O) groups excluding carboxylic acids is 1. The van der Waals surface area contributed by atoms with Gasteiger partial charge in [0, 0.05) is 0 Å². The molecule has 2 aromatic carbocycles. The molecule has 0 bridgehead atoms. The molecule has 2 N–H and O–H groups in total. The summed E-state index contributed by atoms with van der Waals surface area (Å²) in [5.41, 5.74) is 0.268. The summed E-state index contributed by atoms with van der Waals surface area (Å²) in [6, 6.07) is 12.5. The van der Waals surface area contributed by atoms with Crippen LogP contribution in [-0.4, -0.2) is 23.3 Å². The van der Waals surface area contributed by atoms with Gasteiger partial charge in [-0.25, -0.2) is 4.79 Å². The fraction of sp³-hybridized carbons (Fsp3) is 0. The van der Waals surface area contributed by atoms with Gasteiger partial charge in [0.15, 0.2) is 0 Å². The highest BCUT2D eigenvalue weighted by Gasteiger charge is 2.15. The van der Waals surface area contributed by atoms with E-state index in [9.17, 15) is 4.79 Å². The lowest BCUT2D eigenvalue weighted by molar-refractivity contribution is -0.179. The number of rotatable bonds is 3. The average molecular weight is 232 g/mol. The molecule has 0 aliphatic carbocycles. The van der Waals surface area contributed by atoms with Gasteiger partial charge in [0.25, 0.3) is 0 Å². The fourth-order valence-electron chi connectivity index (χ4n) is 1.45. The molecule has 0 spiro atoms. The number of fused-ring (bicyclic) bond motifs is 1. The zero-order chi connectivity index (χ0) is 12.3. The van der Waals surface area contributed by atoms with Gasteiger partial charge in [-0.1, -0.05) is 30.3 Å². The summed E-state index contributed by atoms with van der Waals surface area (Å²) in [4.78, 5) is 19.6. The second-order valence-electron chi connectivity index (χ2n) is 3.36. The van der Waals surface area contributed by atoms with Gasteiger partial charge in [-0.15, -0.1) is 0 Å². The van der Waals surface area contributed by atoms with Crippen LogP contribution in [-0.2, 0) is 9.69 Å². The first-order chi connectivity index (χ1) is 8.16. The first-order valence-corrected chi connectivity index (χ1v) is 4.89. The quantitative estimate of drug-likeness (QED) is 0.467. The van der Waals surface area contributed by atoms with Crippen molar-refractivity contribution in [1.82, 2.24) is 0 Å². The van der Waals surface area contributed by atoms with Gasteiger partial charge < -0.3 is 14.9 Å². The van der Waals surface area contributed by atoms with E-state index in [1.807, 2.05) is 24.3 Å². The average Bonchev–Trinajstić information content (AvgIpc) is 2.35. The molecule has 0 amide bonds. The molecule has 0 radical (unpaired) electrons. The van der Waals surface area contributed by atoms with E-state index in [2.05, 4.69) is 9.69 Å². The highest BCUT2D eigenvalue weighted by atomic mass is 17.2. The molecule has 0 heterocycles. The minimum Gasteiger partial charge on any atom is -0.400 e. The van der Waals surface area contributed by atoms with E-state index in [0.29, 0.717) is 0 Å². The molecule has 0 aliphatic heterocycles. The lowest BCUT2D eigenvalue weighted by atomic mass is 10.1. The zero-order valence-electron chi connectivity index (χ0n) is 8.74. The van der Waals surface area contributed by atoms with Gasteiger partial charge >= 0.3 is 13.3 Å². The molecular weight excluding hydrogens is 223 g/mol. The van der Waals surface area contributed by atoms with Crippen molar-refractivity contribution < 1.29 is 24.5 Å². The summed E-state index contributed by atoms with van der Waals surface area (Å²) in [6.45, 7) is 0. The molecule has 86 valence electrons. The summed E-state index contributed by atoms with van der Waals surface area (Å²) in [7, 11) is -2.14. The molecule has 0 unspecified atom stereocenters. The molecule has 2 aromatic rings. The Bertz CT molecular complexity index is 540. The van der Waals surface area contributed by atoms with Crippen molar-refractivity contribution in [2.45, 2.75) is 0 Å². The van der Waals surface area contributed by atoms with Crippen LogP contribution >= 0.6 is 0 Å². The van der Waals surface area contributed by atoms with Gasteiger partial charge in [-0.05, 0) is 22.9 Å². The van der Waals surface area contributed by atoms with E-state index in [0.717, 1.165) is 10.8 Å². The predicted octanol–water partition coefficient (Wildman–Crippen LogP) is 0.898. The third-order valence-electron chi connectivity index (χ3n) is 2.20. The summed E-state index contributed by atoms with van der Waals surface area (Å²) in [5.74, 6) is -0.788. The van der Waals surface area contributed by atoms with E-state index in [-0.39, 0.29) is 5.56 Å². The molecule has 0 atom stereocenters. The molecule has 2 rings (SSSR count). The van der Waals surface area contributed by atoms with Crippen molar-refractivity contribution >= 4 is 24.1 Å². The van der Waals surface area contributed by atoms with Crippen LogP contribution in [0.4, 0.5) is 0 Å². The maximum Gasteiger partial charge on any atom is 0.673 e. The third-order valence-corrected chi connectivity index (χ3v) is 2.20. The molecular formula is C11H9BO5. The van der Waals surface area contributed by atoms with Crippen molar-refractivity contribution in [3.8, 4) is 0 Å². The molecule has 0 aromatic heterocycles. The van der Waals surface area contributed by atoms with Crippen LogP contribution in [0, 0.1) is 0 Å². The van der Waals surface area contributed by atoms with E-state index in [1.165, 1.54) is 0 Å². The summed E-state index contributed by atoms with van der Waals surface area (Å²) >= 11 is 0. The molecule has 17 heavy (non-hydrogen) atoms. The maximum atomic E-state index is 11.4. The Morgan fingerprint density at radius 1 is 1.06 bits per heavy atom. The van der Waals surface area contributed by atoms with E-state index < -0.39 is 13.3 Å². The standard InChI is InChI=1S/C11H9BO5/c13-11(16-17-12(14)15)10-6-5-8-3-1-2-4-9(8)7-10/h1-7,14-15H. The molecule has 6 heteroatoms. The minimum atomic E-state index is -2.14. The SMILES string of the molecule is O=C(OOB(O)O)c1ccc2ccccc2c1. The van der Waals surface area contributed by atoms with Gasteiger partial charge in [0.2, 0.25) is 0 Å². The Hall–Kier alpha value is -1.89. The van der Waals surface area contributed by atoms with Crippen molar-refractivity contribution in [3.05, 3.63) is 48.0 Å². The number of hydrogen-bond acceptors (Lipinski definition) is 5. The van der Waals surface area contributed by atoms with Crippen LogP contribution in [0.15, 0.2) is 42.5 Å². The normalized spacial score (nSPS) is 10.2. The molecule has 0 saturated heterocycles. The maximum absolute atomic E-state index is 11.4. The van der Waals surface area contributed by atoms with Crippen LogP contribution in [0.2, 0.25) is 0 Å². The van der Waals surface area contributed by atoms with Crippen LogP contribution in [0.5, 0.6) is 0 Å². The topological polar surface area (TPSA) is 76.0 Å². The second-order valence-corrected chi connectivity index (χ2v) is 3.36. The van der Waals surface area contributed by atoms with E-state index >= 15 is 0 Å². The monoisotopic (exact) mass is 232 g/mol. The van der Waals surface area contributed by atoms with Gasteiger partial charge in [-0.2, -0.15) is 4.81 Å². The highest BCUT2D eigenvalue weighted by molar-refractivity contribution is 6.32. The van der Waals surface area contributed by atoms with Crippen LogP contribution < -0.4 is 0 Å². The molecule has 0 fully saturated rings. The Kier molecular flexibility index (Phi) is 3.39. The summed E-state index contributed by atoms with van der Waals surface area (Å²) < 4.78 is 0. The second kappa shape index (κ2) is 4.96. The van der Waals surface area contributed by atoms with Gasteiger partial charge in [0.05, 0.1) is 5.56 Å². The number of carbonyl (C=O) groups is 1. The summed E-state index contributed by atoms with van der Waals surface area (Å²) in [5, 5.41) is 18.6. The molecule has 0 aliphatic rings. The first kappa shape index (κ1) is 11.6. The predicted molar refractivity (Wildman–Crippen MR) is 60.6 cm³/mol. The molecule has 5 nitrogen and oxygen atoms in total. The van der Waals surface area contributed by atoms with Gasteiger partial charge in [0.1, 0.15) is 0 Å². The third kappa shape index (κ3) is 2.82. The van der Waals surface area contributed by atoms with Crippen molar-refractivity contribution in [1.29, 1.82) is 0 Å². The Labute approximate surface area is 97.3 Å². The van der Waals surface area contributed by atoms with Crippen LogP contribution in [0.3, 0.4) is 0 Å². The van der Waals surface area contributed by atoms with Crippen LogP contribution in [0.25, 0.3) is 10.8 Å². The highest BCUT2D eigenvalue weighted by Crippen LogP contribution is 2.16. The first-order valence-electron chi connectivity index (χ1n) is 4.89. The van der Waals surface area contributed by atoms with Crippen LogP contribution in [0.1, 0.15) is 10.4 Å². The number of hydrogen-bond donors (Lipinski definition) is 2. The lowest BCUT2D eigenvalue weighted by Gasteiger charge is -2.03. The number of benzene rings is 2.